The van der Waals surface area contributed by atoms with E-state index in [1.54, 1.807) is 19.4 Å². The first-order valence-electron chi connectivity index (χ1n) is 7.18. The van der Waals surface area contributed by atoms with Crippen molar-refractivity contribution in [3.8, 4) is 0 Å². The number of nitrogens with one attached hydrogen (secondary N) is 2. The number of carbonyl (C=O) groups is 2. The van der Waals surface area contributed by atoms with Gasteiger partial charge in [-0.25, -0.2) is 14.6 Å². The number of amides is 2. The molecule has 1 aliphatic rings. The molecule has 2 unspecified atom stereocenters. The summed E-state index contributed by atoms with van der Waals surface area (Å²) in [6, 6.07) is -0.386. The molecule has 0 saturated heterocycles. The number of imidazole rings is 1. The van der Waals surface area contributed by atoms with Crippen molar-refractivity contribution in [3.63, 3.8) is 0 Å². The zero-order valence-electron chi connectivity index (χ0n) is 12.4. The van der Waals surface area contributed by atoms with Crippen molar-refractivity contribution in [1.29, 1.82) is 0 Å². The van der Waals surface area contributed by atoms with E-state index in [-0.39, 0.29) is 6.03 Å². The summed E-state index contributed by atoms with van der Waals surface area (Å²) in [6.45, 7) is 2.33. The number of aliphatic carboxylic acids is 1. The second-order valence-electron chi connectivity index (χ2n) is 5.91. The van der Waals surface area contributed by atoms with Crippen LogP contribution in [0.4, 0.5) is 4.79 Å². The minimum atomic E-state index is -1.15. The average molecular weight is 294 g/mol. The Bertz CT molecular complexity index is 502. The SMILES string of the molecule is CC1CCCC(NC(=O)N(C)Cc2ncc[nH]2)(C(=O)O)C1. The molecule has 2 amide bonds. The zero-order valence-corrected chi connectivity index (χ0v) is 12.4. The standard InChI is InChI=1S/C14H22N4O3/c1-10-4-3-5-14(8-10,12(19)20)17-13(21)18(2)9-11-15-6-7-16-11/h6-7,10H,3-5,8-9H2,1-2H3,(H,15,16)(H,17,21)(H,19,20). The molecule has 1 aromatic rings. The van der Waals surface area contributed by atoms with Gasteiger partial charge in [0, 0.05) is 19.4 Å². The van der Waals surface area contributed by atoms with Crippen molar-refractivity contribution in [1.82, 2.24) is 20.2 Å². The Hall–Kier alpha value is -2.05. The number of hydrogen-bond donors (Lipinski definition) is 3. The van der Waals surface area contributed by atoms with Crippen molar-refractivity contribution in [2.24, 2.45) is 5.92 Å². The number of carbonyl (C=O) groups excluding carboxylic acids is 1. The maximum atomic E-state index is 12.3. The number of H-pyrrole nitrogens is 1. The third kappa shape index (κ3) is 3.53. The number of rotatable bonds is 4. The van der Waals surface area contributed by atoms with Gasteiger partial charge in [0.25, 0.3) is 0 Å². The van der Waals surface area contributed by atoms with Gasteiger partial charge < -0.3 is 20.3 Å². The molecule has 0 bridgehead atoms. The molecule has 1 aliphatic carbocycles. The molecule has 0 aromatic carbocycles. The predicted molar refractivity (Wildman–Crippen MR) is 76.6 cm³/mol. The lowest BCUT2D eigenvalue weighted by atomic mass is 9.76. The number of hydrogen-bond acceptors (Lipinski definition) is 3. The Morgan fingerprint density at radius 2 is 2.38 bits per heavy atom. The quantitative estimate of drug-likeness (QED) is 0.785. The third-order valence-electron chi connectivity index (χ3n) is 4.04. The van der Waals surface area contributed by atoms with E-state index in [2.05, 4.69) is 15.3 Å². The molecule has 0 aliphatic heterocycles. The van der Waals surface area contributed by atoms with Crippen molar-refractivity contribution < 1.29 is 14.7 Å². The van der Waals surface area contributed by atoms with Crippen LogP contribution in [0.3, 0.4) is 0 Å². The summed E-state index contributed by atoms with van der Waals surface area (Å²) in [5.74, 6) is 0.00775. The van der Waals surface area contributed by atoms with Gasteiger partial charge in [-0.1, -0.05) is 19.8 Å². The van der Waals surface area contributed by atoms with Crippen LogP contribution in [0, 0.1) is 5.92 Å². The molecular formula is C14H22N4O3. The summed E-state index contributed by atoms with van der Waals surface area (Å²) in [5.41, 5.74) is -1.15. The highest BCUT2D eigenvalue weighted by Crippen LogP contribution is 2.32. The second-order valence-corrected chi connectivity index (χ2v) is 5.91. The Morgan fingerprint density at radius 3 is 2.95 bits per heavy atom. The van der Waals surface area contributed by atoms with E-state index in [0.29, 0.717) is 31.1 Å². The largest absolute Gasteiger partial charge is 0.480 e. The Kier molecular flexibility index (Phi) is 4.50. The molecule has 7 nitrogen and oxygen atoms in total. The van der Waals surface area contributed by atoms with Crippen LogP contribution in [-0.2, 0) is 11.3 Å². The zero-order chi connectivity index (χ0) is 15.5. The summed E-state index contributed by atoms with van der Waals surface area (Å²) < 4.78 is 0. The second kappa shape index (κ2) is 6.15. The van der Waals surface area contributed by atoms with E-state index in [4.69, 9.17) is 0 Å². The molecule has 3 N–H and O–H groups in total. The lowest BCUT2D eigenvalue weighted by Crippen LogP contribution is -2.59. The molecule has 0 spiro atoms. The van der Waals surface area contributed by atoms with Crippen LogP contribution in [0.15, 0.2) is 12.4 Å². The molecule has 1 fully saturated rings. The number of urea groups is 1. The van der Waals surface area contributed by atoms with Crippen molar-refractivity contribution >= 4 is 12.0 Å². The van der Waals surface area contributed by atoms with Gasteiger partial charge in [0.05, 0.1) is 6.54 Å². The smallest absolute Gasteiger partial charge is 0.329 e. The van der Waals surface area contributed by atoms with E-state index >= 15 is 0 Å². The summed E-state index contributed by atoms with van der Waals surface area (Å²) >= 11 is 0. The molecule has 1 aromatic heterocycles. The minimum absolute atomic E-state index is 0.297. The van der Waals surface area contributed by atoms with E-state index < -0.39 is 11.5 Å². The number of aromatic amines is 1. The molecule has 1 saturated carbocycles. The average Bonchev–Trinajstić information content (AvgIpc) is 2.91. The van der Waals surface area contributed by atoms with Crippen molar-refractivity contribution in [2.45, 2.75) is 44.7 Å². The highest BCUT2D eigenvalue weighted by molar-refractivity contribution is 5.86. The molecule has 7 heteroatoms. The molecule has 21 heavy (non-hydrogen) atoms. The van der Waals surface area contributed by atoms with Crippen LogP contribution in [0.25, 0.3) is 0 Å². The van der Waals surface area contributed by atoms with Crippen LogP contribution >= 0.6 is 0 Å². The lowest BCUT2D eigenvalue weighted by molar-refractivity contribution is -0.146. The maximum absolute atomic E-state index is 12.3. The van der Waals surface area contributed by atoms with E-state index in [1.807, 2.05) is 6.92 Å². The topological polar surface area (TPSA) is 98.3 Å². The van der Waals surface area contributed by atoms with Gasteiger partial charge in [-0.2, -0.15) is 0 Å². The number of aromatic nitrogens is 2. The normalized spacial score (nSPS) is 25.3. The highest BCUT2D eigenvalue weighted by Gasteiger charge is 2.43. The summed E-state index contributed by atoms with van der Waals surface area (Å²) in [7, 11) is 1.62. The van der Waals surface area contributed by atoms with Gasteiger partial charge in [-0.3, -0.25) is 0 Å². The van der Waals surface area contributed by atoms with Crippen LogP contribution in [0.2, 0.25) is 0 Å². The molecule has 2 atom stereocenters. The van der Waals surface area contributed by atoms with Crippen LogP contribution in [0.5, 0.6) is 0 Å². The molecule has 116 valence electrons. The van der Waals surface area contributed by atoms with E-state index in [1.165, 1.54) is 4.90 Å². The third-order valence-corrected chi connectivity index (χ3v) is 4.04. The summed E-state index contributed by atoms with van der Waals surface area (Å²) in [6.07, 6.45) is 6.07. The fourth-order valence-corrected chi connectivity index (χ4v) is 2.89. The Morgan fingerprint density at radius 1 is 1.62 bits per heavy atom. The molecular weight excluding hydrogens is 272 g/mol. The highest BCUT2D eigenvalue weighted by atomic mass is 16.4. The minimum Gasteiger partial charge on any atom is -0.480 e. The number of nitrogens with zero attached hydrogens (tertiary/aromatic N) is 2. The van der Waals surface area contributed by atoms with Gasteiger partial charge in [0.1, 0.15) is 11.4 Å². The first-order valence-corrected chi connectivity index (χ1v) is 7.18. The fraction of sp³-hybridized carbons (Fsp3) is 0.643. The van der Waals surface area contributed by atoms with Gasteiger partial charge in [0.2, 0.25) is 0 Å². The summed E-state index contributed by atoms with van der Waals surface area (Å²) in [4.78, 5) is 32.3. The number of carboxylic acid groups (broad SMARTS) is 1. The monoisotopic (exact) mass is 294 g/mol. The molecule has 2 rings (SSSR count). The summed E-state index contributed by atoms with van der Waals surface area (Å²) in [5, 5.41) is 12.3. The van der Waals surface area contributed by atoms with E-state index in [9.17, 15) is 14.7 Å². The van der Waals surface area contributed by atoms with Crippen LogP contribution < -0.4 is 5.32 Å². The van der Waals surface area contributed by atoms with Crippen LogP contribution in [-0.4, -0.2) is 44.6 Å². The first-order chi connectivity index (χ1) is 9.93. The first kappa shape index (κ1) is 15.3. The van der Waals surface area contributed by atoms with Gasteiger partial charge in [0.15, 0.2) is 0 Å². The van der Waals surface area contributed by atoms with Crippen LogP contribution in [0.1, 0.15) is 38.4 Å². The molecule has 1 heterocycles. The lowest BCUT2D eigenvalue weighted by Gasteiger charge is -2.38. The van der Waals surface area contributed by atoms with Crippen molar-refractivity contribution in [2.75, 3.05) is 7.05 Å². The van der Waals surface area contributed by atoms with Gasteiger partial charge in [-0.15, -0.1) is 0 Å². The fourth-order valence-electron chi connectivity index (χ4n) is 2.89. The number of carboxylic acids is 1. The Labute approximate surface area is 123 Å². The molecule has 0 radical (unpaired) electrons. The van der Waals surface area contributed by atoms with Gasteiger partial charge in [-0.05, 0) is 18.8 Å². The van der Waals surface area contributed by atoms with Gasteiger partial charge >= 0.3 is 12.0 Å². The van der Waals surface area contributed by atoms with E-state index in [0.717, 1.165) is 12.8 Å². The Balaban J connectivity index is 2.02. The predicted octanol–water partition coefficient (Wildman–Crippen LogP) is 1.58. The maximum Gasteiger partial charge on any atom is 0.329 e. The van der Waals surface area contributed by atoms with Crippen molar-refractivity contribution in [3.05, 3.63) is 18.2 Å².